The van der Waals surface area contributed by atoms with Crippen LogP contribution in [-0.4, -0.2) is 5.91 Å². The van der Waals surface area contributed by atoms with Crippen molar-refractivity contribution in [1.29, 1.82) is 0 Å². The molecule has 0 atom stereocenters. The van der Waals surface area contributed by atoms with Crippen molar-refractivity contribution in [2.24, 2.45) is 0 Å². The molecule has 6 heteroatoms. The Kier molecular flexibility index (Phi) is 4.07. The van der Waals surface area contributed by atoms with Crippen LogP contribution in [0.25, 0.3) is 0 Å². The lowest BCUT2D eigenvalue weighted by atomic mass is 10.2. The molecule has 3 nitrogen and oxygen atoms in total. The van der Waals surface area contributed by atoms with Gasteiger partial charge < -0.3 is 11.1 Å². The number of carbonyl (C=O) groups is 1. The van der Waals surface area contributed by atoms with E-state index in [4.69, 9.17) is 17.3 Å². The van der Waals surface area contributed by atoms with Gasteiger partial charge in [-0.15, -0.1) is 0 Å². The molecule has 0 aromatic heterocycles. The molecule has 19 heavy (non-hydrogen) atoms. The van der Waals surface area contributed by atoms with Crippen molar-refractivity contribution >= 4 is 44.8 Å². The van der Waals surface area contributed by atoms with Gasteiger partial charge in [0, 0.05) is 15.7 Å². The molecule has 2 aromatic carbocycles. The number of halogens is 3. The summed E-state index contributed by atoms with van der Waals surface area (Å²) in [6, 6.07) is 8.69. The van der Waals surface area contributed by atoms with E-state index in [9.17, 15) is 9.18 Å². The van der Waals surface area contributed by atoms with Gasteiger partial charge in [0.2, 0.25) is 0 Å². The Bertz CT molecular complexity index is 628. The Balaban J connectivity index is 2.28. The first kappa shape index (κ1) is 13.8. The normalized spacial score (nSPS) is 10.3. The van der Waals surface area contributed by atoms with Crippen LogP contribution in [0.1, 0.15) is 10.4 Å². The highest BCUT2D eigenvalue weighted by molar-refractivity contribution is 9.10. The molecule has 3 N–H and O–H groups in total. The first-order chi connectivity index (χ1) is 8.95. The molecule has 0 bridgehead atoms. The lowest BCUT2D eigenvalue weighted by Crippen LogP contribution is -2.13. The lowest BCUT2D eigenvalue weighted by molar-refractivity contribution is 0.102. The zero-order valence-electron chi connectivity index (χ0n) is 9.58. The van der Waals surface area contributed by atoms with Gasteiger partial charge in [0.1, 0.15) is 5.82 Å². The van der Waals surface area contributed by atoms with Crippen LogP contribution in [0.15, 0.2) is 40.9 Å². The number of rotatable bonds is 2. The average molecular weight is 344 g/mol. The Morgan fingerprint density at radius 1 is 1.26 bits per heavy atom. The molecule has 0 fully saturated rings. The number of anilines is 2. The van der Waals surface area contributed by atoms with Crippen LogP contribution < -0.4 is 11.1 Å². The van der Waals surface area contributed by atoms with E-state index < -0.39 is 11.7 Å². The van der Waals surface area contributed by atoms with Crippen LogP contribution in [0.4, 0.5) is 15.8 Å². The number of nitrogen functional groups attached to an aromatic ring is 1. The molecule has 0 heterocycles. The third-order valence-corrected chi connectivity index (χ3v) is 3.18. The summed E-state index contributed by atoms with van der Waals surface area (Å²) in [4.78, 5) is 12.0. The maximum atomic E-state index is 13.2. The van der Waals surface area contributed by atoms with E-state index in [1.54, 1.807) is 18.2 Å². The molecule has 0 saturated heterocycles. The second kappa shape index (κ2) is 5.59. The van der Waals surface area contributed by atoms with Crippen LogP contribution in [0.5, 0.6) is 0 Å². The maximum Gasteiger partial charge on any atom is 0.255 e. The Hall–Kier alpha value is -1.59. The SMILES string of the molecule is Nc1cc(F)cc(C(=O)Nc2cc(Br)ccc2Cl)c1. The summed E-state index contributed by atoms with van der Waals surface area (Å²) < 4.78 is 13.9. The number of carbonyl (C=O) groups excluding carboxylic acids is 1. The van der Waals surface area contributed by atoms with Crippen molar-refractivity contribution in [2.75, 3.05) is 11.1 Å². The zero-order valence-corrected chi connectivity index (χ0v) is 11.9. The molecule has 0 aliphatic rings. The quantitative estimate of drug-likeness (QED) is 0.807. The van der Waals surface area contributed by atoms with E-state index in [0.717, 1.165) is 16.6 Å². The molecular weight excluding hydrogens is 335 g/mol. The van der Waals surface area contributed by atoms with Crippen molar-refractivity contribution in [3.63, 3.8) is 0 Å². The minimum absolute atomic E-state index is 0.133. The van der Waals surface area contributed by atoms with E-state index in [1.165, 1.54) is 6.07 Å². The third kappa shape index (κ3) is 3.45. The van der Waals surface area contributed by atoms with Gasteiger partial charge in [0.05, 0.1) is 10.7 Å². The largest absolute Gasteiger partial charge is 0.399 e. The summed E-state index contributed by atoms with van der Waals surface area (Å²) in [7, 11) is 0. The fourth-order valence-corrected chi connectivity index (χ4v) is 2.06. The fourth-order valence-electron chi connectivity index (χ4n) is 1.53. The summed E-state index contributed by atoms with van der Waals surface area (Å²) in [6.45, 7) is 0. The monoisotopic (exact) mass is 342 g/mol. The average Bonchev–Trinajstić information content (AvgIpc) is 2.32. The van der Waals surface area contributed by atoms with Crippen molar-refractivity contribution in [3.05, 3.63) is 57.3 Å². The minimum atomic E-state index is -0.564. The highest BCUT2D eigenvalue weighted by Gasteiger charge is 2.10. The molecule has 2 rings (SSSR count). The van der Waals surface area contributed by atoms with Gasteiger partial charge in [0.15, 0.2) is 0 Å². The van der Waals surface area contributed by atoms with Crippen LogP contribution in [0, 0.1) is 5.82 Å². The van der Waals surface area contributed by atoms with E-state index in [2.05, 4.69) is 21.2 Å². The molecule has 0 aliphatic carbocycles. The molecule has 0 aliphatic heterocycles. The van der Waals surface area contributed by atoms with Crippen molar-refractivity contribution in [2.45, 2.75) is 0 Å². The smallest absolute Gasteiger partial charge is 0.255 e. The number of amides is 1. The fraction of sp³-hybridized carbons (Fsp3) is 0. The van der Waals surface area contributed by atoms with Gasteiger partial charge in [-0.05, 0) is 36.4 Å². The third-order valence-electron chi connectivity index (χ3n) is 2.36. The van der Waals surface area contributed by atoms with E-state index in [0.29, 0.717) is 10.7 Å². The minimum Gasteiger partial charge on any atom is -0.399 e. The highest BCUT2D eigenvalue weighted by Crippen LogP contribution is 2.26. The molecule has 1 amide bonds. The number of nitrogens with two attached hydrogens (primary N) is 1. The van der Waals surface area contributed by atoms with Crippen molar-refractivity contribution in [3.8, 4) is 0 Å². The molecule has 0 saturated carbocycles. The van der Waals surface area contributed by atoms with Crippen LogP contribution in [0.3, 0.4) is 0 Å². The van der Waals surface area contributed by atoms with E-state index >= 15 is 0 Å². The zero-order chi connectivity index (χ0) is 14.0. The topological polar surface area (TPSA) is 55.1 Å². The second-order valence-electron chi connectivity index (χ2n) is 3.85. The Morgan fingerprint density at radius 2 is 2.00 bits per heavy atom. The molecule has 2 aromatic rings. The van der Waals surface area contributed by atoms with Crippen LogP contribution >= 0.6 is 27.5 Å². The first-order valence-corrected chi connectivity index (χ1v) is 6.45. The number of benzene rings is 2. The second-order valence-corrected chi connectivity index (χ2v) is 5.17. The summed E-state index contributed by atoms with van der Waals surface area (Å²) in [5, 5.41) is 2.99. The summed E-state index contributed by atoms with van der Waals surface area (Å²) in [6.07, 6.45) is 0. The number of hydrogen-bond acceptors (Lipinski definition) is 2. The van der Waals surface area contributed by atoms with E-state index in [-0.39, 0.29) is 11.3 Å². The van der Waals surface area contributed by atoms with E-state index in [1.807, 2.05) is 0 Å². The molecular formula is C13H9BrClFN2O. The van der Waals surface area contributed by atoms with Gasteiger partial charge in [-0.2, -0.15) is 0 Å². The maximum absolute atomic E-state index is 13.2. The highest BCUT2D eigenvalue weighted by atomic mass is 79.9. The van der Waals surface area contributed by atoms with Crippen molar-refractivity contribution in [1.82, 2.24) is 0 Å². The van der Waals surface area contributed by atoms with Crippen LogP contribution in [0.2, 0.25) is 5.02 Å². The predicted molar refractivity (Wildman–Crippen MR) is 77.9 cm³/mol. The molecule has 98 valence electrons. The Morgan fingerprint density at radius 3 is 2.68 bits per heavy atom. The molecule has 0 unspecified atom stereocenters. The lowest BCUT2D eigenvalue weighted by Gasteiger charge is -2.08. The van der Waals surface area contributed by atoms with Gasteiger partial charge in [-0.25, -0.2) is 4.39 Å². The molecule has 0 spiro atoms. The number of nitrogens with one attached hydrogen (secondary N) is 1. The van der Waals surface area contributed by atoms with Gasteiger partial charge in [-0.3, -0.25) is 4.79 Å². The van der Waals surface area contributed by atoms with Crippen LogP contribution in [-0.2, 0) is 0 Å². The standard InChI is InChI=1S/C13H9BrClFN2O/c14-8-1-2-11(15)12(5-8)18-13(19)7-3-9(16)6-10(17)4-7/h1-6H,17H2,(H,18,19). The van der Waals surface area contributed by atoms with Crippen molar-refractivity contribution < 1.29 is 9.18 Å². The van der Waals surface area contributed by atoms with Gasteiger partial charge in [0.25, 0.3) is 5.91 Å². The summed E-state index contributed by atoms with van der Waals surface area (Å²) in [5.74, 6) is -1.04. The van der Waals surface area contributed by atoms with Gasteiger partial charge in [-0.1, -0.05) is 27.5 Å². The predicted octanol–water partition coefficient (Wildman–Crippen LogP) is 4.08. The molecule has 0 radical (unpaired) electrons. The Labute approximate surface area is 122 Å². The van der Waals surface area contributed by atoms with Gasteiger partial charge >= 0.3 is 0 Å². The number of hydrogen-bond donors (Lipinski definition) is 2. The summed E-state index contributed by atoms with van der Waals surface area (Å²) in [5.41, 5.74) is 6.24. The first-order valence-electron chi connectivity index (χ1n) is 5.28. The summed E-state index contributed by atoms with van der Waals surface area (Å²) >= 11 is 9.23.